The first-order chi connectivity index (χ1) is 9.58. The van der Waals surface area contributed by atoms with E-state index in [0.717, 1.165) is 29.5 Å². The van der Waals surface area contributed by atoms with Crippen molar-refractivity contribution in [1.29, 1.82) is 0 Å². The van der Waals surface area contributed by atoms with Crippen LogP contribution in [0.4, 0.5) is 0 Å². The van der Waals surface area contributed by atoms with E-state index in [9.17, 15) is 0 Å². The van der Waals surface area contributed by atoms with Gasteiger partial charge in [0.2, 0.25) is 0 Å². The molecule has 1 aliphatic carbocycles. The molecule has 2 N–H and O–H groups in total. The quantitative estimate of drug-likeness (QED) is 0.882. The summed E-state index contributed by atoms with van der Waals surface area (Å²) in [4.78, 5) is 4.39. The molecule has 1 heterocycles. The monoisotopic (exact) mass is 373 g/mol. The van der Waals surface area contributed by atoms with Crippen LogP contribution >= 0.6 is 28.3 Å². The fourth-order valence-corrected chi connectivity index (χ4v) is 2.54. The van der Waals surface area contributed by atoms with Crippen molar-refractivity contribution in [1.82, 2.24) is 10.1 Å². The molecule has 1 saturated carbocycles. The molecule has 5 nitrogen and oxygen atoms in total. The Morgan fingerprint density at radius 1 is 1.38 bits per heavy atom. The number of hydrogen-bond donors (Lipinski definition) is 1. The topological polar surface area (TPSA) is 74.2 Å². The van der Waals surface area contributed by atoms with E-state index in [0.29, 0.717) is 11.7 Å². The molecular weight excluding hydrogens is 358 g/mol. The Bertz CT molecular complexity index is 616. The second kappa shape index (κ2) is 6.34. The zero-order valence-corrected chi connectivity index (χ0v) is 14.0. The van der Waals surface area contributed by atoms with Crippen molar-refractivity contribution in [3.8, 4) is 5.75 Å². The van der Waals surface area contributed by atoms with Gasteiger partial charge in [0.25, 0.3) is 5.89 Å². The number of ether oxygens (including phenoxy) is 1. The van der Waals surface area contributed by atoms with Gasteiger partial charge in [0, 0.05) is 0 Å². The lowest BCUT2D eigenvalue weighted by atomic mass is 9.77. The predicted octanol–water partition coefficient (Wildman–Crippen LogP) is 3.73. The molecular formula is C14H17BrClN3O2. The van der Waals surface area contributed by atoms with E-state index in [2.05, 4.69) is 26.1 Å². The zero-order chi connectivity index (χ0) is 14.2. The van der Waals surface area contributed by atoms with Crippen LogP contribution in [0.1, 0.15) is 44.0 Å². The average molecular weight is 375 g/mol. The third kappa shape index (κ3) is 3.22. The van der Waals surface area contributed by atoms with Crippen LogP contribution in [0.3, 0.4) is 0 Å². The van der Waals surface area contributed by atoms with Crippen molar-refractivity contribution < 1.29 is 9.26 Å². The smallest absolute Gasteiger partial charge is 0.267 e. The van der Waals surface area contributed by atoms with Crippen molar-refractivity contribution in [2.24, 2.45) is 5.73 Å². The summed E-state index contributed by atoms with van der Waals surface area (Å²) < 4.78 is 12.0. The maximum absolute atomic E-state index is 6.18. The summed E-state index contributed by atoms with van der Waals surface area (Å²) in [7, 11) is 0. The SMILES string of the molecule is CC(Oc1ccccc1Br)c1nc(C2(N)CCC2)no1.Cl. The van der Waals surface area contributed by atoms with Gasteiger partial charge in [0.05, 0.1) is 10.0 Å². The van der Waals surface area contributed by atoms with Gasteiger partial charge in [-0.2, -0.15) is 4.98 Å². The van der Waals surface area contributed by atoms with Crippen LogP contribution in [0.25, 0.3) is 0 Å². The van der Waals surface area contributed by atoms with Crippen molar-refractivity contribution >= 4 is 28.3 Å². The number of nitrogens with two attached hydrogens (primary N) is 1. The maximum Gasteiger partial charge on any atom is 0.267 e. The van der Waals surface area contributed by atoms with E-state index in [1.807, 2.05) is 31.2 Å². The lowest BCUT2D eigenvalue weighted by Crippen LogP contribution is -2.44. The first kappa shape index (κ1) is 16.3. The summed E-state index contributed by atoms with van der Waals surface area (Å²) in [5, 5.41) is 3.99. The zero-order valence-electron chi connectivity index (χ0n) is 11.6. The number of rotatable bonds is 4. The summed E-state index contributed by atoms with van der Waals surface area (Å²) in [6, 6.07) is 7.65. The van der Waals surface area contributed by atoms with Gasteiger partial charge in [0.1, 0.15) is 5.75 Å². The molecule has 0 saturated heterocycles. The Hall–Kier alpha value is -1.11. The van der Waals surface area contributed by atoms with E-state index in [4.69, 9.17) is 15.0 Å². The summed E-state index contributed by atoms with van der Waals surface area (Å²) >= 11 is 3.44. The Labute approximate surface area is 137 Å². The van der Waals surface area contributed by atoms with Gasteiger partial charge in [-0.25, -0.2) is 0 Å². The highest BCUT2D eigenvalue weighted by Crippen LogP contribution is 2.37. The van der Waals surface area contributed by atoms with Crippen LogP contribution < -0.4 is 10.5 Å². The van der Waals surface area contributed by atoms with Gasteiger partial charge in [0.15, 0.2) is 11.9 Å². The fourth-order valence-electron chi connectivity index (χ4n) is 2.17. The predicted molar refractivity (Wildman–Crippen MR) is 84.4 cm³/mol. The maximum atomic E-state index is 6.18. The fraction of sp³-hybridized carbons (Fsp3) is 0.429. The van der Waals surface area contributed by atoms with E-state index < -0.39 is 5.54 Å². The molecule has 1 aliphatic rings. The number of hydrogen-bond acceptors (Lipinski definition) is 5. The van der Waals surface area contributed by atoms with Crippen molar-refractivity contribution in [3.63, 3.8) is 0 Å². The molecule has 0 spiro atoms. The molecule has 0 radical (unpaired) electrons. The van der Waals surface area contributed by atoms with Gasteiger partial charge < -0.3 is 15.0 Å². The number of para-hydroxylation sites is 1. The molecule has 7 heteroatoms. The Balaban J connectivity index is 0.00000161. The molecule has 1 fully saturated rings. The summed E-state index contributed by atoms with van der Waals surface area (Å²) in [6.07, 6.45) is 2.61. The van der Waals surface area contributed by atoms with E-state index in [1.165, 1.54) is 0 Å². The van der Waals surface area contributed by atoms with Crippen LogP contribution in [0.15, 0.2) is 33.3 Å². The van der Waals surface area contributed by atoms with Gasteiger partial charge >= 0.3 is 0 Å². The second-order valence-electron chi connectivity index (χ2n) is 5.16. The third-order valence-electron chi connectivity index (χ3n) is 3.62. The standard InChI is InChI=1S/C14H16BrN3O2.ClH/c1-9(19-11-6-3-2-5-10(11)15)12-17-13(18-20-12)14(16)7-4-8-14;/h2-3,5-6,9H,4,7-8,16H2,1H3;1H. The van der Waals surface area contributed by atoms with Crippen LogP contribution in [0.2, 0.25) is 0 Å². The van der Waals surface area contributed by atoms with Crippen molar-refractivity contribution in [2.45, 2.75) is 37.8 Å². The van der Waals surface area contributed by atoms with E-state index >= 15 is 0 Å². The molecule has 1 aromatic heterocycles. The highest BCUT2D eigenvalue weighted by atomic mass is 79.9. The van der Waals surface area contributed by atoms with Crippen LogP contribution in [-0.2, 0) is 5.54 Å². The Kier molecular flexibility index (Phi) is 4.91. The normalized spacial score (nSPS) is 17.5. The van der Waals surface area contributed by atoms with Crippen LogP contribution in [-0.4, -0.2) is 10.1 Å². The van der Waals surface area contributed by atoms with Gasteiger partial charge in [-0.3, -0.25) is 0 Å². The molecule has 2 aromatic rings. The molecule has 21 heavy (non-hydrogen) atoms. The minimum atomic E-state index is -0.408. The lowest BCUT2D eigenvalue weighted by molar-refractivity contribution is 0.173. The average Bonchev–Trinajstić information content (AvgIpc) is 2.88. The highest BCUT2D eigenvalue weighted by Gasteiger charge is 2.39. The lowest BCUT2D eigenvalue weighted by Gasteiger charge is -2.34. The van der Waals surface area contributed by atoms with Gasteiger partial charge in [-0.15, -0.1) is 12.4 Å². The van der Waals surface area contributed by atoms with Gasteiger partial charge in [-0.05, 0) is 54.2 Å². The Morgan fingerprint density at radius 2 is 2.10 bits per heavy atom. The summed E-state index contributed by atoms with van der Waals surface area (Å²) in [5.74, 6) is 1.78. The van der Waals surface area contributed by atoms with E-state index in [1.54, 1.807) is 0 Å². The highest BCUT2D eigenvalue weighted by molar-refractivity contribution is 9.10. The number of aromatic nitrogens is 2. The molecule has 114 valence electrons. The molecule has 1 unspecified atom stereocenters. The van der Waals surface area contributed by atoms with Crippen LogP contribution in [0.5, 0.6) is 5.75 Å². The minimum Gasteiger partial charge on any atom is -0.480 e. The van der Waals surface area contributed by atoms with Gasteiger partial charge in [-0.1, -0.05) is 17.3 Å². The second-order valence-corrected chi connectivity index (χ2v) is 6.01. The van der Waals surface area contributed by atoms with E-state index in [-0.39, 0.29) is 18.5 Å². The molecule has 0 bridgehead atoms. The first-order valence-corrected chi connectivity index (χ1v) is 7.42. The number of benzene rings is 1. The molecule has 0 aliphatic heterocycles. The molecule has 1 aromatic carbocycles. The summed E-state index contributed by atoms with van der Waals surface area (Å²) in [6.45, 7) is 1.88. The van der Waals surface area contributed by atoms with Crippen molar-refractivity contribution in [2.75, 3.05) is 0 Å². The minimum absolute atomic E-state index is 0. The first-order valence-electron chi connectivity index (χ1n) is 6.63. The van der Waals surface area contributed by atoms with Crippen molar-refractivity contribution in [3.05, 3.63) is 40.5 Å². The summed E-state index contributed by atoms with van der Waals surface area (Å²) in [5.41, 5.74) is 5.77. The number of halogens is 2. The van der Waals surface area contributed by atoms with Crippen LogP contribution in [0, 0.1) is 0 Å². The molecule has 1 atom stereocenters. The Morgan fingerprint density at radius 3 is 2.71 bits per heavy atom. The third-order valence-corrected chi connectivity index (χ3v) is 4.28. The largest absolute Gasteiger partial charge is 0.480 e. The molecule has 3 rings (SSSR count). The molecule has 0 amide bonds. The number of nitrogens with zero attached hydrogens (tertiary/aromatic N) is 2.